The Kier molecular flexibility index (Phi) is 4.76. The van der Waals surface area contributed by atoms with E-state index in [2.05, 4.69) is 37.7 Å². The first-order valence-electron chi connectivity index (χ1n) is 7.45. The number of hydrogen-bond acceptors (Lipinski definition) is 3. The first-order valence-corrected chi connectivity index (χ1v) is 11.0. The van der Waals surface area contributed by atoms with Gasteiger partial charge in [-0.1, -0.05) is 62.5 Å². The zero-order valence-corrected chi connectivity index (χ0v) is 15.3. The second-order valence-corrected chi connectivity index (χ2v) is 11.1. The summed E-state index contributed by atoms with van der Waals surface area (Å²) in [5.74, 6) is 1.59. The first-order chi connectivity index (χ1) is 10.8. The van der Waals surface area contributed by atoms with Crippen molar-refractivity contribution in [1.82, 2.24) is 0 Å². The van der Waals surface area contributed by atoms with E-state index in [1.54, 1.807) is 6.08 Å². The van der Waals surface area contributed by atoms with Crippen molar-refractivity contribution >= 4 is 25.5 Å². The van der Waals surface area contributed by atoms with E-state index in [1.165, 1.54) is 14.2 Å². The van der Waals surface area contributed by atoms with Crippen molar-refractivity contribution in [1.29, 1.82) is 0 Å². The predicted octanol–water partition coefficient (Wildman–Crippen LogP) is 3.54. The number of carbonyl (C=O) groups is 1. The lowest BCUT2D eigenvalue weighted by atomic mass is 9.75. The maximum Gasteiger partial charge on any atom is 0.269 e. The van der Waals surface area contributed by atoms with Crippen molar-refractivity contribution in [2.45, 2.75) is 25.4 Å². The van der Waals surface area contributed by atoms with Gasteiger partial charge in [0.2, 0.25) is 5.78 Å². The third-order valence-electron chi connectivity index (χ3n) is 3.69. The lowest BCUT2D eigenvalue weighted by molar-refractivity contribution is -0.189. The lowest BCUT2D eigenvalue weighted by Gasteiger charge is -2.39. The molecule has 0 aliphatic heterocycles. The largest absolute Gasteiger partial charge is 0.343 e. The molecule has 0 N–H and O–H groups in total. The number of benzene rings is 1. The average Bonchev–Trinajstić information content (AvgIpc) is 2.52. The highest BCUT2D eigenvalue weighted by Crippen LogP contribution is 2.44. The smallest absolute Gasteiger partial charge is 0.269 e. The Balaban J connectivity index is 2.71. The normalized spacial score (nSPS) is 16.5. The van der Waals surface area contributed by atoms with Gasteiger partial charge in [0.05, 0.1) is 5.57 Å². The van der Waals surface area contributed by atoms with E-state index in [0.29, 0.717) is 11.1 Å². The molecule has 0 aromatic heterocycles. The molecular weight excluding hydrogens is 304 g/mol. The molecule has 0 saturated carbocycles. The fourth-order valence-electron chi connectivity index (χ4n) is 2.52. The van der Waals surface area contributed by atoms with E-state index in [1.807, 2.05) is 24.3 Å². The SMILES string of the molecule is C=Cc1ccccc1C1=C(C#C[Si](C)(C)C)C(OC)(OC)C1=O. The molecule has 0 saturated heterocycles. The Morgan fingerprint density at radius 1 is 1.17 bits per heavy atom. The molecule has 0 atom stereocenters. The van der Waals surface area contributed by atoms with Crippen molar-refractivity contribution in [3.05, 3.63) is 47.5 Å². The minimum Gasteiger partial charge on any atom is -0.343 e. The zero-order chi connectivity index (χ0) is 17.3. The van der Waals surface area contributed by atoms with Gasteiger partial charge in [0, 0.05) is 19.8 Å². The highest BCUT2D eigenvalue weighted by Gasteiger charge is 2.55. The van der Waals surface area contributed by atoms with E-state index in [-0.39, 0.29) is 5.78 Å². The van der Waals surface area contributed by atoms with E-state index >= 15 is 0 Å². The molecule has 0 radical (unpaired) electrons. The summed E-state index contributed by atoms with van der Waals surface area (Å²) in [6.07, 6.45) is 1.73. The molecule has 0 fully saturated rings. The third kappa shape index (κ3) is 2.96. The van der Waals surface area contributed by atoms with Crippen LogP contribution in [0.4, 0.5) is 0 Å². The third-order valence-corrected chi connectivity index (χ3v) is 4.57. The summed E-state index contributed by atoms with van der Waals surface area (Å²) in [6.45, 7) is 10.3. The van der Waals surface area contributed by atoms with Crippen LogP contribution in [0.15, 0.2) is 36.4 Å². The molecule has 120 valence electrons. The van der Waals surface area contributed by atoms with Crippen molar-refractivity contribution in [3.63, 3.8) is 0 Å². The number of ketones is 1. The highest BCUT2D eigenvalue weighted by molar-refractivity contribution is 6.84. The van der Waals surface area contributed by atoms with Crippen molar-refractivity contribution < 1.29 is 14.3 Å². The van der Waals surface area contributed by atoms with E-state index in [4.69, 9.17) is 9.47 Å². The van der Waals surface area contributed by atoms with Gasteiger partial charge < -0.3 is 9.47 Å². The van der Waals surface area contributed by atoms with Crippen LogP contribution in [0.25, 0.3) is 11.6 Å². The summed E-state index contributed by atoms with van der Waals surface area (Å²) in [4.78, 5) is 12.8. The molecule has 23 heavy (non-hydrogen) atoms. The fraction of sp³-hybridized carbons (Fsp3) is 0.316. The number of rotatable bonds is 4. The Bertz CT molecular complexity index is 738. The van der Waals surface area contributed by atoms with Crippen molar-refractivity contribution in [2.24, 2.45) is 0 Å². The molecule has 0 bridgehead atoms. The Morgan fingerprint density at radius 2 is 1.78 bits per heavy atom. The molecule has 4 heteroatoms. The van der Waals surface area contributed by atoms with E-state index in [0.717, 1.165) is 11.1 Å². The van der Waals surface area contributed by atoms with Crippen LogP contribution in [0.3, 0.4) is 0 Å². The van der Waals surface area contributed by atoms with E-state index < -0.39 is 13.9 Å². The van der Waals surface area contributed by atoms with Crippen LogP contribution >= 0.6 is 0 Å². The minimum absolute atomic E-state index is 0.198. The van der Waals surface area contributed by atoms with Gasteiger partial charge >= 0.3 is 0 Å². The maximum absolute atomic E-state index is 12.8. The summed E-state index contributed by atoms with van der Waals surface area (Å²) in [7, 11) is 1.33. The van der Waals surface area contributed by atoms with Gasteiger partial charge in [-0.3, -0.25) is 4.79 Å². The predicted molar refractivity (Wildman–Crippen MR) is 96.3 cm³/mol. The second-order valence-electron chi connectivity index (χ2n) is 6.40. The molecule has 1 aromatic rings. The van der Waals surface area contributed by atoms with Gasteiger partial charge in [-0.15, -0.1) is 5.54 Å². The van der Waals surface area contributed by atoms with Crippen LogP contribution in [0.1, 0.15) is 11.1 Å². The van der Waals surface area contributed by atoms with Crippen molar-refractivity contribution in [2.75, 3.05) is 14.2 Å². The maximum atomic E-state index is 12.8. The summed E-state index contributed by atoms with van der Waals surface area (Å²) < 4.78 is 10.8. The molecule has 1 aliphatic rings. The number of carbonyl (C=O) groups excluding carboxylic acids is 1. The summed E-state index contributed by atoms with van der Waals surface area (Å²) in [5.41, 5.74) is 6.17. The number of ether oxygens (including phenoxy) is 2. The first kappa shape index (κ1) is 17.4. The van der Waals surface area contributed by atoms with Gasteiger partial charge in [0.25, 0.3) is 5.79 Å². The number of methoxy groups -OCH3 is 2. The molecule has 0 heterocycles. The van der Waals surface area contributed by atoms with Crippen LogP contribution in [0.2, 0.25) is 19.6 Å². The van der Waals surface area contributed by atoms with Crippen LogP contribution in [-0.2, 0) is 14.3 Å². The van der Waals surface area contributed by atoms with Crippen LogP contribution in [0.5, 0.6) is 0 Å². The molecule has 1 aromatic carbocycles. The van der Waals surface area contributed by atoms with Crippen LogP contribution < -0.4 is 0 Å². The highest BCUT2D eigenvalue weighted by atomic mass is 28.3. The molecule has 0 amide bonds. The van der Waals surface area contributed by atoms with Gasteiger partial charge in [-0.2, -0.15) is 0 Å². The molecule has 2 rings (SSSR count). The summed E-state index contributed by atoms with van der Waals surface area (Å²) in [5, 5.41) is 0. The summed E-state index contributed by atoms with van der Waals surface area (Å²) >= 11 is 0. The zero-order valence-electron chi connectivity index (χ0n) is 14.3. The molecule has 0 spiro atoms. The standard InChI is InChI=1S/C19H22O3Si/c1-7-14-10-8-9-11-15(14)17-16(12-13-23(4,5)6)19(21-2,22-3)18(17)20/h7-11H,1H2,2-6H3. The molecule has 0 unspecified atom stereocenters. The Labute approximate surface area is 139 Å². The van der Waals surface area contributed by atoms with Gasteiger partial charge in [-0.05, 0) is 11.1 Å². The number of hydrogen-bond donors (Lipinski definition) is 0. The average molecular weight is 326 g/mol. The molecular formula is C19H22O3Si. The monoisotopic (exact) mass is 326 g/mol. The number of Topliss-reactive ketones (excluding diaryl/α,β-unsaturated/α-hetero) is 1. The summed E-state index contributed by atoms with van der Waals surface area (Å²) in [6, 6.07) is 7.63. The quantitative estimate of drug-likeness (QED) is 0.482. The van der Waals surface area contributed by atoms with Crippen LogP contribution in [-0.4, -0.2) is 33.9 Å². The molecule has 3 nitrogen and oxygen atoms in total. The van der Waals surface area contributed by atoms with Crippen molar-refractivity contribution in [3.8, 4) is 11.5 Å². The Hall–Kier alpha value is -1.93. The fourth-order valence-corrected chi connectivity index (χ4v) is 3.02. The van der Waals surface area contributed by atoms with Gasteiger partial charge in [0.15, 0.2) is 0 Å². The van der Waals surface area contributed by atoms with Crippen LogP contribution in [0, 0.1) is 11.5 Å². The molecule has 1 aliphatic carbocycles. The Morgan fingerprint density at radius 3 is 2.30 bits per heavy atom. The van der Waals surface area contributed by atoms with Gasteiger partial charge in [-0.25, -0.2) is 0 Å². The van der Waals surface area contributed by atoms with Gasteiger partial charge in [0.1, 0.15) is 8.07 Å². The van der Waals surface area contributed by atoms with E-state index in [9.17, 15) is 4.79 Å². The minimum atomic E-state index is -1.60. The lowest BCUT2D eigenvalue weighted by Crippen LogP contribution is -2.53. The second kappa shape index (κ2) is 6.29. The topological polar surface area (TPSA) is 35.5 Å².